The van der Waals surface area contributed by atoms with Gasteiger partial charge in [-0.15, -0.1) is 12.4 Å². The van der Waals surface area contributed by atoms with Crippen LogP contribution in [0, 0.1) is 0 Å². The molecule has 1 unspecified atom stereocenters. The average molecular weight is 331 g/mol. The van der Waals surface area contributed by atoms with Crippen molar-refractivity contribution in [1.29, 1.82) is 0 Å². The summed E-state index contributed by atoms with van der Waals surface area (Å²) < 4.78 is 0. The topological polar surface area (TPSA) is 41.1 Å². The highest BCUT2D eigenvalue weighted by Gasteiger charge is 2.15. The number of aryl methyl sites for hydroxylation is 1. The van der Waals surface area contributed by atoms with E-state index < -0.39 is 0 Å². The Morgan fingerprint density at radius 2 is 1.83 bits per heavy atom. The fourth-order valence-electron chi connectivity index (χ4n) is 2.84. The summed E-state index contributed by atoms with van der Waals surface area (Å²) in [5, 5.41) is 6.38. The molecule has 1 aliphatic rings. The van der Waals surface area contributed by atoms with E-state index in [9.17, 15) is 4.79 Å². The molecule has 2 N–H and O–H groups in total. The van der Waals surface area contributed by atoms with Crippen LogP contribution in [0.3, 0.4) is 0 Å². The maximum atomic E-state index is 12.4. The summed E-state index contributed by atoms with van der Waals surface area (Å²) in [6.07, 6.45) is 1.03. The molecule has 3 nitrogen and oxygen atoms in total. The van der Waals surface area contributed by atoms with Crippen molar-refractivity contribution < 1.29 is 4.79 Å². The Morgan fingerprint density at radius 1 is 1.13 bits per heavy atom. The molecule has 1 heterocycles. The van der Waals surface area contributed by atoms with E-state index in [4.69, 9.17) is 0 Å². The summed E-state index contributed by atoms with van der Waals surface area (Å²) in [6.45, 7) is 5.92. The second kappa shape index (κ2) is 7.62. The molecule has 0 saturated heterocycles. The normalized spacial score (nSPS) is 13.8. The highest BCUT2D eigenvalue weighted by atomic mass is 35.5. The first-order valence-corrected chi connectivity index (χ1v) is 7.89. The number of halogens is 1. The first-order valence-electron chi connectivity index (χ1n) is 7.89. The quantitative estimate of drug-likeness (QED) is 0.896. The van der Waals surface area contributed by atoms with Gasteiger partial charge in [0.15, 0.2) is 0 Å². The highest BCUT2D eigenvalue weighted by molar-refractivity contribution is 5.94. The number of hydrogen-bond donors (Lipinski definition) is 2. The van der Waals surface area contributed by atoms with Crippen molar-refractivity contribution in [3.05, 3.63) is 70.3 Å². The molecule has 0 aromatic heterocycles. The Kier molecular flexibility index (Phi) is 5.80. The predicted octanol–water partition coefficient (Wildman–Crippen LogP) is 3.77. The number of fused-ring (bicyclic) bond motifs is 1. The van der Waals surface area contributed by atoms with E-state index in [-0.39, 0.29) is 24.4 Å². The molecule has 0 bridgehead atoms. The van der Waals surface area contributed by atoms with Crippen molar-refractivity contribution in [1.82, 2.24) is 10.6 Å². The lowest BCUT2D eigenvalue weighted by Crippen LogP contribution is -2.26. The smallest absolute Gasteiger partial charge is 0.251 e. The van der Waals surface area contributed by atoms with Crippen molar-refractivity contribution >= 4 is 18.3 Å². The van der Waals surface area contributed by atoms with Gasteiger partial charge >= 0.3 is 0 Å². The molecule has 0 aliphatic carbocycles. The Morgan fingerprint density at radius 3 is 2.52 bits per heavy atom. The largest absolute Gasteiger partial charge is 0.346 e. The summed E-state index contributed by atoms with van der Waals surface area (Å²) >= 11 is 0. The number of hydrogen-bond acceptors (Lipinski definition) is 2. The molecule has 2 aromatic carbocycles. The fraction of sp³-hybridized carbons (Fsp3) is 0.316. The second-order valence-corrected chi connectivity index (χ2v) is 5.88. The van der Waals surface area contributed by atoms with Gasteiger partial charge in [-0.1, -0.05) is 37.3 Å². The number of carbonyl (C=O) groups is 1. The molecule has 1 aliphatic heterocycles. The van der Waals surface area contributed by atoms with E-state index in [1.807, 2.05) is 25.1 Å². The zero-order valence-corrected chi connectivity index (χ0v) is 14.4. The van der Waals surface area contributed by atoms with Crippen LogP contribution in [-0.4, -0.2) is 5.91 Å². The highest BCUT2D eigenvalue weighted by Crippen LogP contribution is 2.18. The van der Waals surface area contributed by atoms with Crippen molar-refractivity contribution in [2.24, 2.45) is 0 Å². The summed E-state index contributed by atoms with van der Waals surface area (Å²) in [6, 6.07) is 14.4. The molecule has 0 spiro atoms. The molecule has 0 radical (unpaired) electrons. The van der Waals surface area contributed by atoms with E-state index >= 15 is 0 Å². The van der Waals surface area contributed by atoms with Gasteiger partial charge in [0.25, 0.3) is 5.91 Å². The van der Waals surface area contributed by atoms with E-state index in [1.165, 1.54) is 16.7 Å². The summed E-state index contributed by atoms with van der Waals surface area (Å²) in [4.78, 5) is 12.4. The number of rotatable bonds is 4. The molecule has 4 heteroatoms. The fourth-order valence-corrected chi connectivity index (χ4v) is 2.84. The molecule has 0 fully saturated rings. The second-order valence-electron chi connectivity index (χ2n) is 5.88. The SMILES string of the molecule is CCc1ccc(C(C)NC(=O)c2ccc3c(c2)CNC3)cc1.Cl. The van der Waals surface area contributed by atoms with Crippen LogP contribution in [0.15, 0.2) is 42.5 Å². The van der Waals surface area contributed by atoms with Crippen molar-refractivity contribution in [2.75, 3.05) is 0 Å². The molecule has 23 heavy (non-hydrogen) atoms. The van der Waals surface area contributed by atoms with Gasteiger partial charge in [0.2, 0.25) is 0 Å². The molecular weight excluding hydrogens is 308 g/mol. The van der Waals surface area contributed by atoms with Gasteiger partial charge in [-0.05, 0) is 47.7 Å². The van der Waals surface area contributed by atoms with Crippen LogP contribution in [0.25, 0.3) is 0 Å². The summed E-state index contributed by atoms with van der Waals surface area (Å²) in [5.41, 5.74) is 5.70. The lowest BCUT2D eigenvalue weighted by Gasteiger charge is -2.15. The third kappa shape index (κ3) is 3.92. The number of benzene rings is 2. The van der Waals surface area contributed by atoms with Crippen molar-refractivity contribution in [3.8, 4) is 0 Å². The van der Waals surface area contributed by atoms with E-state index in [1.54, 1.807) is 0 Å². The Hall–Kier alpha value is -1.84. The Balaban J connectivity index is 0.00000192. The van der Waals surface area contributed by atoms with Crippen LogP contribution in [0.2, 0.25) is 0 Å². The lowest BCUT2D eigenvalue weighted by molar-refractivity contribution is 0.0940. The van der Waals surface area contributed by atoms with Gasteiger partial charge in [-0.25, -0.2) is 0 Å². The third-order valence-corrected chi connectivity index (χ3v) is 4.33. The molecule has 1 amide bonds. The molecule has 3 rings (SSSR count). The minimum Gasteiger partial charge on any atom is -0.346 e. The van der Waals surface area contributed by atoms with Crippen molar-refractivity contribution in [2.45, 2.75) is 39.4 Å². The molecule has 1 atom stereocenters. The minimum atomic E-state index is -0.0123. The number of amides is 1. The monoisotopic (exact) mass is 330 g/mol. The van der Waals surface area contributed by atoms with E-state index in [2.05, 4.69) is 41.8 Å². The molecular formula is C19H23ClN2O. The predicted molar refractivity (Wildman–Crippen MR) is 95.9 cm³/mol. The average Bonchev–Trinajstić information content (AvgIpc) is 3.02. The standard InChI is InChI=1S/C19H22N2O.ClH/c1-3-14-4-6-15(7-5-14)13(2)21-19(22)16-8-9-17-11-20-12-18(17)10-16;/h4-10,13,20H,3,11-12H2,1-2H3,(H,21,22);1H. The minimum absolute atomic E-state index is 0. The molecule has 122 valence electrons. The van der Waals surface area contributed by atoms with Crippen LogP contribution in [0.1, 0.15) is 52.5 Å². The van der Waals surface area contributed by atoms with Gasteiger partial charge in [-0.3, -0.25) is 4.79 Å². The van der Waals surface area contributed by atoms with Gasteiger partial charge in [0.1, 0.15) is 0 Å². The Bertz CT molecular complexity index is 682. The van der Waals surface area contributed by atoms with Crippen molar-refractivity contribution in [3.63, 3.8) is 0 Å². The van der Waals surface area contributed by atoms with Crippen LogP contribution in [0.4, 0.5) is 0 Å². The molecule has 0 saturated carbocycles. The maximum Gasteiger partial charge on any atom is 0.251 e. The van der Waals surface area contributed by atoms with Gasteiger partial charge in [-0.2, -0.15) is 0 Å². The van der Waals surface area contributed by atoms with Crippen LogP contribution < -0.4 is 10.6 Å². The zero-order chi connectivity index (χ0) is 15.5. The summed E-state index contributed by atoms with van der Waals surface area (Å²) in [5.74, 6) is -0.0123. The van der Waals surface area contributed by atoms with Gasteiger partial charge in [0, 0.05) is 18.7 Å². The summed E-state index contributed by atoms with van der Waals surface area (Å²) in [7, 11) is 0. The van der Waals surface area contributed by atoms with Crippen LogP contribution in [0.5, 0.6) is 0 Å². The first kappa shape index (κ1) is 17.5. The first-order chi connectivity index (χ1) is 10.7. The zero-order valence-electron chi connectivity index (χ0n) is 13.6. The van der Waals surface area contributed by atoms with Crippen LogP contribution >= 0.6 is 12.4 Å². The van der Waals surface area contributed by atoms with Gasteiger partial charge < -0.3 is 10.6 Å². The van der Waals surface area contributed by atoms with Crippen LogP contribution in [-0.2, 0) is 19.5 Å². The molecule has 2 aromatic rings. The van der Waals surface area contributed by atoms with E-state index in [0.29, 0.717) is 0 Å². The number of carbonyl (C=O) groups excluding carboxylic acids is 1. The number of nitrogens with one attached hydrogen (secondary N) is 2. The van der Waals surface area contributed by atoms with E-state index in [0.717, 1.165) is 30.6 Å². The Labute approximate surface area is 143 Å². The maximum absolute atomic E-state index is 12.4. The third-order valence-electron chi connectivity index (χ3n) is 4.33. The van der Waals surface area contributed by atoms with Gasteiger partial charge in [0.05, 0.1) is 6.04 Å². The lowest BCUT2D eigenvalue weighted by atomic mass is 10.0.